The molecule has 3 rings (SSSR count). The molecule has 0 fully saturated rings. The van der Waals surface area contributed by atoms with Gasteiger partial charge in [-0.05, 0) is 57.9 Å². The van der Waals surface area contributed by atoms with Crippen molar-refractivity contribution in [2.75, 3.05) is 11.1 Å². The zero-order valence-electron chi connectivity index (χ0n) is 13.4. The van der Waals surface area contributed by atoms with Crippen LogP contribution in [0.5, 0.6) is 0 Å². The molecule has 0 spiro atoms. The van der Waals surface area contributed by atoms with Crippen LogP contribution >= 0.6 is 27.7 Å². The number of anilines is 1. The highest BCUT2D eigenvalue weighted by molar-refractivity contribution is 9.10. The average Bonchev–Trinajstić information content (AvgIpc) is 2.97. The number of benzene rings is 2. The van der Waals surface area contributed by atoms with Gasteiger partial charge in [0.05, 0.1) is 23.3 Å². The molecule has 0 radical (unpaired) electrons. The molecule has 0 atom stereocenters. The molecule has 128 valence electrons. The number of carbonyl (C=O) groups is 1. The number of nitrogens with zero attached hydrogens (tertiary/aromatic N) is 2. The van der Waals surface area contributed by atoms with Crippen LogP contribution in [0.2, 0.25) is 0 Å². The second kappa shape index (κ2) is 7.84. The summed E-state index contributed by atoms with van der Waals surface area (Å²) in [5.74, 6) is -0.137. The predicted molar refractivity (Wildman–Crippen MR) is 102 cm³/mol. The van der Waals surface area contributed by atoms with Crippen LogP contribution in [0.15, 0.2) is 64.4 Å². The predicted octanol–water partition coefficient (Wildman–Crippen LogP) is 4.72. The van der Waals surface area contributed by atoms with E-state index < -0.39 is 0 Å². The molecule has 0 unspecified atom stereocenters. The lowest BCUT2D eigenvalue weighted by molar-refractivity contribution is -0.113. The summed E-state index contributed by atoms with van der Waals surface area (Å²) in [6, 6.07) is 13.7. The molecule has 0 bridgehead atoms. The van der Waals surface area contributed by atoms with Gasteiger partial charge < -0.3 is 9.88 Å². The van der Waals surface area contributed by atoms with E-state index in [0.29, 0.717) is 0 Å². The fourth-order valence-electron chi connectivity index (χ4n) is 2.29. The highest BCUT2D eigenvalue weighted by Gasteiger charge is 2.12. The number of halogens is 2. The smallest absolute Gasteiger partial charge is 0.234 e. The van der Waals surface area contributed by atoms with Crippen molar-refractivity contribution in [2.24, 2.45) is 7.05 Å². The standard InChI is InChI=1S/C18H15BrFN3OS/c1-23-16(12-6-8-13(20)9-7-12)10-21-18(23)25-11-17(24)22-15-5-3-2-4-14(15)19/h2-10H,11H2,1H3,(H,22,24). The maximum atomic E-state index is 13.1. The van der Waals surface area contributed by atoms with Crippen molar-refractivity contribution in [3.8, 4) is 11.3 Å². The number of rotatable bonds is 5. The van der Waals surface area contributed by atoms with Crippen LogP contribution in [0.1, 0.15) is 0 Å². The normalized spacial score (nSPS) is 10.7. The Balaban J connectivity index is 1.65. The summed E-state index contributed by atoms with van der Waals surface area (Å²) in [5.41, 5.74) is 2.48. The molecular weight excluding hydrogens is 405 g/mol. The summed E-state index contributed by atoms with van der Waals surface area (Å²) < 4.78 is 15.8. The van der Waals surface area contributed by atoms with E-state index in [-0.39, 0.29) is 17.5 Å². The van der Waals surface area contributed by atoms with E-state index in [1.807, 2.05) is 35.9 Å². The van der Waals surface area contributed by atoms with Crippen molar-refractivity contribution < 1.29 is 9.18 Å². The molecule has 7 heteroatoms. The molecule has 0 aliphatic rings. The molecular formula is C18H15BrFN3OS. The Bertz CT molecular complexity index is 896. The van der Waals surface area contributed by atoms with Gasteiger partial charge in [-0.2, -0.15) is 0 Å². The van der Waals surface area contributed by atoms with E-state index in [0.717, 1.165) is 26.6 Å². The second-order valence-corrected chi connectivity index (χ2v) is 7.11. The van der Waals surface area contributed by atoms with Gasteiger partial charge in [-0.15, -0.1) is 0 Å². The Morgan fingerprint density at radius 1 is 1.24 bits per heavy atom. The first-order chi connectivity index (χ1) is 12.0. The maximum absolute atomic E-state index is 13.1. The van der Waals surface area contributed by atoms with Crippen LogP contribution in [-0.2, 0) is 11.8 Å². The van der Waals surface area contributed by atoms with Crippen LogP contribution < -0.4 is 5.32 Å². The first kappa shape index (κ1) is 17.7. The van der Waals surface area contributed by atoms with Gasteiger partial charge in [-0.1, -0.05) is 23.9 Å². The maximum Gasteiger partial charge on any atom is 0.234 e. The Morgan fingerprint density at radius 3 is 2.68 bits per heavy atom. The quantitative estimate of drug-likeness (QED) is 0.608. The Hall–Kier alpha value is -2.12. The Labute approximate surface area is 157 Å². The van der Waals surface area contributed by atoms with Gasteiger partial charge in [0.2, 0.25) is 5.91 Å². The third kappa shape index (κ3) is 4.29. The largest absolute Gasteiger partial charge is 0.324 e. The monoisotopic (exact) mass is 419 g/mol. The number of aromatic nitrogens is 2. The van der Waals surface area contributed by atoms with Crippen LogP contribution in [-0.4, -0.2) is 21.2 Å². The van der Waals surface area contributed by atoms with Gasteiger partial charge in [0, 0.05) is 11.5 Å². The minimum absolute atomic E-state index is 0.108. The van der Waals surface area contributed by atoms with E-state index in [2.05, 4.69) is 26.2 Å². The van der Waals surface area contributed by atoms with Gasteiger partial charge in [-0.25, -0.2) is 9.37 Å². The molecule has 3 aromatic rings. The van der Waals surface area contributed by atoms with Crippen molar-refractivity contribution >= 4 is 39.3 Å². The fourth-order valence-corrected chi connectivity index (χ4v) is 3.43. The van der Waals surface area contributed by atoms with Crippen LogP contribution in [0.4, 0.5) is 10.1 Å². The minimum Gasteiger partial charge on any atom is -0.324 e. The number of carbonyl (C=O) groups excluding carboxylic acids is 1. The van der Waals surface area contributed by atoms with Crippen LogP contribution in [0.3, 0.4) is 0 Å². The number of hydrogen-bond acceptors (Lipinski definition) is 3. The summed E-state index contributed by atoms with van der Waals surface area (Å²) in [7, 11) is 1.87. The van der Waals surface area contributed by atoms with E-state index in [1.165, 1.54) is 23.9 Å². The summed E-state index contributed by atoms with van der Waals surface area (Å²) in [4.78, 5) is 16.5. The molecule has 0 saturated carbocycles. The van der Waals surface area contributed by atoms with Gasteiger partial charge in [0.15, 0.2) is 5.16 Å². The molecule has 1 amide bonds. The average molecular weight is 420 g/mol. The molecule has 2 aromatic carbocycles. The summed E-state index contributed by atoms with van der Waals surface area (Å²) in [6.45, 7) is 0. The summed E-state index contributed by atoms with van der Waals surface area (Å²) in [6.07, 6.45) is 1.72. The first-order valence-electron chi connectivity index (χ1n) is 7.49. The minimum atomic E-state index is -0.274. The topological polar surface area (TPSA) is 46.9 Å². The Morgan fingerprint density at radius 2 is 1.96 bits per heavy atom. The van der Waals surface area contributed by atoms with E-state index in [4.69, 9.17) is 0 Å². The van der Waals surface area contributed by atoms with E-state index in [9.17, 15) is 9.18 Å². The van der Waals surface area contributed by atoms with Gasteiger partial charge in [-0.3, -0.25) is 4.79 Å². The summed E-state index contributed by atoms with van der Waals surface area (Å²) in [5, 5.41) is 3.58. The third-order valence-corrected chi connectivity index (χ3v) is 5.30. The number of thioether (sulfide) groups is 1. The number of hydrogen-bond donors (Lipinski definition) is 1. The van der Waals surface area contributed by atoms with E-state index >= 15 is 0 Å². The van der Waals surface area contributed by atoms with Crippen molar-refractivity contribution in [1.82, 2.24) is 9.55 Å². The van der Waals surface area contributed by atoms with Gasteiger partial charge >= 0.3 is 0 Å². The van der Waals surface area contributed by atoms with E-state index in [1.54, 1.807) is 18.3 Å². The SMILES string of the molecule is Cn1c(-c2ccc(F)cc2)cnc1SCC(=O)Nc1ccccc1Br. The number of imidazole rings is 1. The van der Waals surface area contributed by atoms with Crippen molar-refractivity contribution in [3.63, 3.8) is 0 Å². The molecule has 25 heavy (non-hydrogen) atoms. The van der Waals surface area contributed by atoms with Gasteiger partial charge in [0.25, 0.3) is 0 Å². The molecule has 1 heterocycles. The van der Waals surface area contributed by atoms with Crippen LogP contribution in [0, 0.1) is 5.82 Å². The number of para-hydroxylation sites is 1. The zero-order chi connectivity index (χ0) is 17.8. The Kier molecular flexibility index (Phi) is 5.55. The highest BCUT2D eigenvalue weighted by Crippen LogP contribution is 2.26. The molecule has 1 N–H and O–H groups in total. The molecule has 1 aromatic heterocycles. The van der Waals surface area contributed by atoms with Crippen molar-refractivity contribution in [3.05, 3.63) is 65.0 Å². The lowest BCUT2D eigenvalue weighted by Crippen LogP contribution is -2.14. The molecule has 0 saturated heterocycles. The fraction of sp³-hybridized carbons (Fsp3) is 0.111. The highest BCUT2D eigenvalue weighted by atomic mass is 79.9. The number of nitrogens with one attached hydrogen (secondary N) is 1. The lowest BCUT2D eigenvalue weighted by Gasteiger charge is -2.08. The van der Waals surface area contributed by atoms with Crippen molar-refractivity contribution in [2.45, 2.75) is 5.16 Å². The molecule has 0 aliphatic heterocycles. The zero-order valence-corrected chi connectivity index (χ0v) is 15.8. The van der Waals surface area contributed by atoms with Crippen molar-refractivity contribution in [1.29, 1.82) is 0 Å². The summed E-state index contributed by atoms with van der Waals surface area (Å²) >= 11 is 4.75. The first-order valence-corrected chi connectivity index (χ1v) is 9.27. The van der Waals surface area contributed by atoms with Gasteiger partial charge in [0.1, 0.15) is 5.82 Å². The third-order valence-electron chi connectivity index (χ3n) is 3.57. The lowest BCUT2D eigenvalue weighted by atomic mass is 10.2. The second-order valence-electron chi connectivity index (χ2n) is 5.31. The van der Waals surface area contributed by atoms with Crippen LogP contribution in [0.25, 0.3) is 11.3 Å². The molecule has 4 nitrogen and oxygen atoms in total. The molecule has 0 aliphatic carbocycles. The number of amides is 1.